The first-order valence-electron chi connectivity index (χ1n) is 4.55. The summed E-state index contributed by atoms with van der Waals surface area (Å²) in [5, 5.41) is 2.89. The molecule has 0 aliphatic heterocycles. The van der Waals surface area contributed by atoms with Crippen LogP contribution in [0.2, 0.25) is 5.02 Å². The normalized spacial score (nSPS) is 10.1. The molecular weight excluding hydrogens is 246 g/mol. The number of carbonyl (C=O) groups is 1. The van der Waals surface area contributed by atoms with Gasteiger partial charge in [0.1, 0.15) is 5.75 Å². The minimum Gasteiger partial charge on any atom is -0.420 e. The van der Waals surface area contributed by atoms with Gasteiger partial charge in [0.05, 0.1) is 10.0 Å². The predicted molar refractivity (Wildman–Crippen MR) is 63.3 cm³/mol. The van der Waals surface area contributed by atoms with E-state index in [0.29, 0.717) is 16.5 Å². The number of ether oxygens (including phenoxy) is 1. The van der Waals surface area contributed by atoms with Crippen molar-refractivity contribution in [3.8, 4) is 5.75 Å². The largest absolute Gasteiger partial charge is 0.420 e. The number of rotatable bonds is 2. The third kappa shape index (κ3) is 2.40. The molecule has 0 saturated heterocycles. The second kappa shape index (κ2) is 4.63. The Morgan fingerprint density at radius 1 is 1.44 bits per heavy atom. The molecule has 0 unspecified atom stereocenters. The van der Waals surface area contributed by atoms with E-state index in [9.17, 15) is 4.79 Å². The standard InChI is InChI=1S/C11H8ClNO2S/c1-7-13-9(6-16-7)11(14)15-10-5-3-2-4-8(10)12/h2-6H,1H3. The molecule has 1 heterocycles. The third-order valence-corrected chi connectivity index (χ3v) is 2.95. The van der Waals surface area contributed by atoms with Gasteiger partial charge in [-0.05, 0) is 19.1 Å². The first-order valence-corrected chi connectivity index (χ1v) is 5.81. The average molecular weight is 254 g/mol. The van der Waals surface area contributed by atoms with E-state index in [1.807, 2.05) is 6.92 Å². The molecule has 0 N–H and O–H groups in total. The van der Waals surface area contributed by atoms with Crippen molar-refractivity contribution in [1.82, 2.24) is 4.98 Å². The van der Waals surface area contributed by atoms with Crippen molar-refractivity contribution in [1.29, 1.82) is 0 Å². The fraction of sp³-hybridized carbons (Fsp3) is 0.0909. The van der Waals surface area contributed by atoms with Crippen molar-refractivity contribution in [3.63, 3.8) is 0 Å². The van der Waals surface area contributed by atoms with E-state index >= 15 is 0 Å². The van der Waals surface area contributed by atoms with Crippen LogP contribution in [0.5, 0.6) is 5.75 Å². The van der Waals surface area contributed by atoms with Gasteiger partial charge >= 0.3 is 5.97 Å². The lowest BCUT2D eigenvalue weighted by Gasteiger charge is -2.03. The summed E-state index contributed by atoms with van der Waals surface area (Å²) < 4.78 is 5.12. The quantitative estimate of drug-likeness (QED) is 0.609. The van der Waals surface area contributed by atoms with Crippen molar-refractivity contribution in [3.05, 3.63) is 45.4 Å². The zero-order valence-electron chi connectivity index (χ0n) is 8.44. The average Bonchev–Trinajstić information content (AvgIpc) is 2.68. The van der Waals surface area contributed by atoms with E-state index in [2.05, 4.69) is 4.98 Å². The third-order valence-electron chi connectivity index (χ3n) is 1.87. The Kier molecular flexibility index (Phi) is 3.22. The summed E-state index contributed by atoms with van der Waals surface area (Å²) in [6.45, 7) is 1.83. The lowest BCUT2D eigenvalue weighted by atomic mass is 10.3. The van der Waals surface area contributed by atoms with Crippen molar-refractivity contribution in [2.45, 2.75) is 6.92 Å². The second-order valence-corrected chi connectivity index (χ2v) is 4.54. The molecule has 0 spiro atoms. The zero-order valence-corrected chi connectivity index (χ0v) is 10.0. The maximum atomic E-state index is 11.6. The Morgan fingerprint density at radius 3 is 2.81 bits per heavy atom. The highest BCUT2D eigenvalue weighted by Crippen LogP contribution is 2.24. The molecular formula is C11H8ClNO2S. The maximum absolute atomic E-state index is 11.6. The molecule has 0 fully saturated rings. The summed E-state index contributed by atoms with van der Waals surface area (Å²) >= 11 is 7.27. The summed E-state index contributed by atoms with van der Waals surface area (Å²) in [4.78, 5) is 15.7. The molecule has 0 amide bonds. The predicted octanol–water partition coefficient (Wildman–Crippen LogP) is 3.32. The van der Waals surface area contributed by atoms with Crippen molar-refractivity contribution in [2.75, 3.05) is 0 Å². The van der Waals surface area contributed by atoms with E-state index in [0.717, 1.165) is 5.01 Å². The van der Waals surface area contributed by atoms with Crippen LogP contribution in [0, 0.1) is 6.92 Å². The highest BCUT2D eigenvalue weighted by molar-refractivity contribution is 7.09. The molecule has 5 heteroatoms. The molecule has 0 aliphatic carbocycles. The van der Waals surface area contributed by atoms with Crippen LogP contribution >= 0.6 is 22.9 Å². The highest BCUT2D eigenvalue weighted by Gasteiger charge is 2.13. The Morgan fingerprint density at radius 2 is 2.19 bits per heavy atom. The van der Waals surface area contributed by atoms with E-state index in [-0.39, 0.29) is 0 Å². The minimum absolute atomic E-state index is 0.308. The molecule has 0 atom stereocenters. The van der Waals surface area contributed by atoms with Gasteiger partial charge in [0, 0.05) is 5.38 Å². The summed E-state index contributed by atoms with van der Waals surface area (Å²) in [5.74, 6) is -0.141. The van der Waals surface area contributed by atoms with Gasteiger partial charge in [-0.1, -0.05) is 23.7 Å². The van der Waals surface area contributed by atoms with Crippen LogP contribution in [0.4, 0.5) is 0 Å². The van der Waals surface area contributed by atoms with Crippen LogP contribution < -0.4 is 4.74 Å². The molecule has 0 aliphatic rings. The summed E-state index contributed by atoms with van der Waals surface area (Å²) in [6.07, 6.45) is 0. The Hall–Kier alpha value is -1.39. The fourth-order valence-corrected chi connectivity index (χ4v) is 1.89. The SMILES string of the molecule is Cc1nc(C(=O)Oc2ccccc2Cl)cs1. The Labute approximate surface area is 102 Å². The molecule has 16 heavy (non-hydrogen) atoms. The molecule has 0 saturated carbocycles. The number of hydrogen-bond acceptors (Lipinski definition) is 4. The van der Waals surface area contributed by atoms with Gasteiger partial charge in [-0.3, -0.25) is 0 Å². The monoisotopic (exact) mass is 253 g/mol. The number of aromatic nitrogens is 1. The van der Waals surface area contributed by atoms with Gasteiger partial charge in [-0.2, -0.15) is 0 Å². The van der Waals surface area contributed by atoms with E-state index in [4.69, 9.17) is 16.3 Å². The van der Waals surface area contributed by atoms with Crippen LogP contribution in [0.1, 0.15) is 15.5 Å². The molecule has 1 aromatic carbocycles. The molecule has 2 rings (SSSR count). The number of para-hydroxylation sites is 1. The van der Waals surface area contributed by atoms with E-state index in [1.165, 1.54) is 11.3 Å². The number of nitrogens with zero attached hydrogens (tertiary/aromatic N) is 1. The van der Waals surface area contributed by atoms with Crippen molar-refractivity contribution < 1.29 is 9.53 Å². The van der Waals surface area contributed by atoms with Gasteiger partial charge < -0.3 is 4.74 Å². The number of thiazole rings is 1. The molecule has 3 nitrogen and oxygen atoms in total. The molecule has 1 aromatic heterocycles. The van der Waals surface area contributed by atoms with Crippen molar-refractivity contribution in [2.24, 2.45) is 0 Å². The van der Waals surface area contributed by atoms with Gasteiger partial charge in [0.2, 0.25) is 0 Å². The number of benzene rings is 1. The lowest BCUT2D eigenvalue weighted by molar-refractivity contribution is 0.0729. The number of carbonyl (C=O) groups excluding carboxylic acids is 1. The Bertz CT molecular complexity index is 524. The maximum Gasteiger partial charge on any atom is 0.363 e. The van der Waals surface area contributed by atoms with Crippen LogP contribution in [0.15, 0.2) is 29.6 Å². The van der Waals surface area contributed by atoms with Crippen LogP contribution in [-0.2, 0) is 0 Å². The molecule has 0 bridgehead atoms. The van der Waals surface area contributed by atoms with Crippen LogP contribution in [-0.4, -0.2) is 11.0 Å². The van der Waals surface area contributed by atoms with E-state index < -0.39 is 5.97 Å². The summed E-state index contributed by atoms with van der Waals surface area (Å²) in [5.41, 5.74) is 0.308. The van der Waals surface area contributed by atoms with Gasteiger partial charge in [0.15, 0.2) is 5.69 Å². The highest BCUT2D eigenvalue weighted by atomic mass is 35.5. The number of hydrogen-bond donors (Lipinski definition) is 0. The van der Waals surface area contributed by atoms with Gasteiger partial charge in [-0.15, -0.1) is 11.3 Å². The second-order valence-electron chi connectivity index (χ2n) is 3.07. The number of halogens is 1. The van der Waals surface area contributed by atoms with Crippen LogP contribution in [0.3, 0.4) is 0 Å². The molecule has 82 valence electrons. The number of aryl methyl sites for hydroxylation is 1. The fourth-order valence-electron chi connectivity index (χ4n) is 1.14. The summed E-state index contributed by atoms with van der Waals surface area (Å²) in [6, 6.07) is 6.82. The molecule has 0 radical (unpaired) electrons. The van der Waals surface area contributed by atoms with E-state index in [1.54, 1.807) is 29.6 Å². The lowest BCUT2D eigenvalue weighted by Crippen LogP contribution is -2.09. The zero-order chi connectivity index (χ0) is 11.5. The van der Waals surface area contributed by atoms with Gasteiger partial charge in [0.25, 0.3) is 0 Å². The first-order chi connectivity index (χ1) is 7.66. The Balaban J connectivity index is 2.17. The summed E-state index contributed by atoms with van der Waals surface area (Å²) in [7, 11) is 0. The smallest absolute Gasteiger partial charge is 0.363 e. The topological polar surface area (TPSA) is 39.2 Å². The number of esters is 1. The van der Waals surface area contributed by atoms with Crippen molar-refractivity contribution >= 4 is 28.9 Å². The van der Waals surface area contributed by atoms with Crippen LogP contribution in [0.25, 0.3) is 0 Å². The first kappa shape index (κ1) is 11.1. The van der Waals surface area contributed by atoms with Gasteiger partial charge in [-0.25, -0.2) is 9.78 Å². The molecule has 2 aromatic rings. The minimum atomic E-state index is -0.488.